The van der Waals surface area contributed by atoms with Gasteiger partial charge in [-0.25, -0.2) is 5.10 Å². The van der Waals surface area contributed by atoms with E-state index in [-0.39, 0.29) is 17.1 Å². The highest BCUT2D eigenvalue weighted by Crippen LogP contribution is 1.99. The van der Waals surface area contributed by atoms with E-state index in [0.29, 0.717) is 0 Å². The van der Waals surface area contributed by atoms with Gasteiger partial charge in [0.2, 0.25) is 0 Å². The summed E-state index contributed by atoms with van der Waals surface area (Å²) < 4.78 is 0. The predicted octanol–water partition coefficient (Wildman–Crippen LogP) is -0.860. The second-order valence-corrected chi connectivity index (χ2v) is 2.62. The second-order valence-electron chi connectivity index (χ2n) is 2.62. The first-order valence-corrected chi connectivity index (χ1v) is 3.98. The van der Waals surface area contributed by atoms with Crippen LogP contribution in [0.25, 0.3) is 0 Å². The van der Waals surface area contributed by atoms with Crippen LogP contribution in [-0.4, -0.2) is 31.5 Å². The first kappa shape index (κ1) is 9.06. The number of anilines is 1. The van der Waals surface area contributed by atoms with Gasteiger partial charge < -0.3 is 5.32 Å². The lowest BCUT2D eigenvalue weighted by Gasteiger charge is -1.99. The van der Waals surface area contributed by atoms with Gasteiger partial charge in [0.1, 0.15) is 0 Å². The largest absolute Gasteiger partial charge is 0.304 e. The Bertz CT molecular complexity index is 496. The standard InChI is InChI=1S/C7H6N6O2/c14-6-2-1-5(11-12-6)9-7(15)4-3-8-13-10-4/h1-3H,(H,12,14)(H,8,10,13)(H,9,11,15). The lowest BCUT2D eigenvalue weighted by Crippen LogP contribution is -2.16. The maximum absolute atomic E-state index is 11.4. The van der Waals surface area contributed by atoms with Gasteiger partial charge in [-0.15, -0.1) is 0 Å². The molecule has 76 valence electrons. The van der Waals surface area contributed by atoms with Crippen LogP contribution >= 0.6 is 0 Å². The average molecular weight is 206 g/mol. The van der Waals surface area contributed by atoms with Gasteiger partial charge in [0.05, 0.1) is 6.20 Å². The van der Waals surface area contributed by atoms with Gasteiger partial charge in [-0.3, -0.25) is 9.59 Å². The third-order valence-corrected chi connectivity index (χ3v) is 1.57. The third kappa shape index (κ3) is 2.05. The van der Waals surface area contributed by atoms with Crippen LogP contribution in [0.4, 0.5) is 5.82 Å². The molecule has 8 nitrogen and oxygen atoms in total. The molecule has 3 N–H and O–H groups in total. The number of nitrogens with one attached hydrogen (secondary N) is 3. The van der Waals surface area contributed by atoms with Crippen molar-refractivity contribution in [3.8, 4) is 0 Å². The van der Waals surface area contributed by atoms with Gasteiger partial charge in [0.15, 0.2) is 11.5 Å². The number of rotatable bonds is 2. The minimum Gasteiger partial charge on any atom is -0.304 e. The quantitative estimate of drug-likeness (QED) is 0.591. The van der Waals surface area contributed by atoms with E-state index in [1.54, 1.807) is 0 Å². The minimum atomic E-state index is -0.455. The monoisotopic (exact) mass is 206 g/mol. The Balaban J connectivity index is 2.13. The fraction of sp³-hybridized carbons (Fsp3) is 0. The lowest BCUT2D eigenvalue weighted by atomic mass is 10.4. The van der Waals surface area contributed by atoms with Gasteiger partial charge >= 0.3 is 0 Å². The molecule has 2 heterocycles. The van der Waals surface area contributed by atoms with Crippen molar-refractivity contribution < 1.29 is 4.79 Å². The number of aromatic amines is 2. The molecule has 0 bridgehead atoms. The molecule has 0 saturated carbocycles. The highest BCUT2D eigenvalue weighted by molar-refractivity contribution is 6.01. The molecule has 0 radical (unpaired) electrons. The SMILES string of the molecule is O=C(Nc1ccc(=O)[nH]n1)c1cn[nH]n1. The van der Waals surface area contributed by atoms with Crippen LogP contribution in [0, 0.1) is 0 Å². The van der Waals surface area contributed by atoms with Crippen molar-refractivity contribution in [1.82, 2.24) is 25.6 Å². The lowest BCUT2D eigenvalue weighted by molar-refractivity contribution is 0.102. The molecular formula is C7H6N6O2. The molecule has 1 amide bonds. The first-order valence-electron chi connectivity index (χ1n) is 3.98. The number of hydrogen-bond donors (Lipinski definition) is 3. The molecular weight excluding hydrogens is 200 g/mol. The smallest absolute Gasteiger partial charge is 0.279 e. The maximum atomic E-state index is 11.4. The van der Waals surface area contributed by atoms with Gasteiger partial charge in [-0.2, -0.15) is 20.5 Å². The number of hydrogen-bond acceptors (Lipinski definition) is 5. The Morgan fingerprint density at radius 2 is 2.20 bits per heavy atom. The second kappa shape index (κ2) is 3.70. The summed E-state index contributed by atoms with van der Waals surface area (Å²) in [4.78, 5) is 22.1. The Morgan fingerprint density at radius 1 is 1.33 bits per heavy atom. The Morgan fingerprint density at radius 3 is 2.80 bits per heavy atom. The molecule has 0 aliphatic carbocycles. The number of H-pyrrole nitrogens is 2. The van der Waals surface area contributed by atoms with Gasteiger partial charge in [-0.1, -0.05) is 0 Å². The third-order valence-electron chi connectivity index (χ3n) is 1.57. The molecule has 0 aromatic carbocycles. The number of nitrogens with zero attached hydrogens (tertiary/aromatic N) is 3. The maximum Gasteiger partial charge on any atom is 0.279 e. The van der Waals surface area contributed by atoms with Crippen LogP contribution in [0.15, 0.2) is 23.1 Å². The molecule has 15 heavy (non-hydrogen) atoms. The van der Waals surface area contributed by atoms with E-state index in [1.807, 2.05) is 0 Å². The number of amides is 1. The highest BCUT2D eigenvalue weighted by atomic mass is 16.2. The van der Waals surface area contributed by atoms with Crippen molar-refractivity contribution in [3.05, 3.63) is 34.4 Å². The number of aromatic nitrogens is 5. The Labute approximate surface area is 82.7 Å². The summed E-state index contributed by atoms with van der Waals surface area (Å²) in [6, 6.07) is 2.64. The molecule has 2 rings (SSSR count). The van der Waals surface area contributed by atoms with E-state index in [9.17, 15) is 9.59 Å². The molecule has 2 aromatic heterocycles. The van der Waals surface area contributed by atoms with Crippen molar-refractivity contribution in [1.29, 1.82) is 0 Å². The Kier molecular flexibility index (Phi) is 2.23. The topological polar surface area (TPSA) is 116 Å². The summed E-state index contributed by atoms with van der Waals surface area (Å²) in [5, 5.41) is 17.6. The van der Waals surface area contributed by atoms with Gasteiger partial charge in [0, 0.05) is 6.07 Å². The van der Waals surface area contributed by atoms with E-state index < -0.39 is 5.91 Å². The molecule has 0 aliphatic rings. The fourth-order valence-corrected chi connectivity index (χ4v) is 0.905. The van der Waals surface area contributed by atoms with E-state index in [0.717, 1.165) is 0 Å². The van der Waals surface area contributed by atoms with Crippen LogP contribution in [0.5, 0.6) is 0 Å². The van der Waals surface area contributed by atoms with Crippen LogP contribution < -0.4 is 10.9 Å². The van der Waals surface area contributed by atoms with E-state index >= 15 is 0 Å². The van der Waals surface area contributed by atoms with Crippen LogP contribution in [-0.2, 0) is 0 Å². The summed E-state index contributed by atoms with van der Waals surface area (Å²) in [6.45, 7) is 0. The molecule has 0 spiro atoms. The number of carbonyl (C=O) groups is 1. The van der Waals surface area contributed by atoms with Crippen LogP contribution in [0.2, 0.25) is 0 Å². The van der Waals surface area contributed by atoms with Crippen molar-refractivity contribution in [3.63, 3.8) is 0 Å². The zero-order valence-corrected chi connectivity index (χ0v) is 7.39. The molecule has 0 fully saturated rings. The molecule has 8 heteroatoms. The van der Waals surface area contributed by atoms with Crippen molar-refractivity contribution >= 4 is 11.7 Å². The van der Waals surface area contributed by atoms with Crippen LogP contribution in [0.1, 0.15) is 10.5 Å². The van der Waals surface area contributed by atoms with E-state index in [2.05, 4.69) is 30.9 Å². The average Bonchev–Trinajstić information content (AvgIpc) is 2.74. The normalized spacial score (nSPS) is 9.87. The minimum absolute atomic E-state index is 0.142. The van der Waals surface area contributed by atoms with E-state index in [4.69, 9.17) is 0 Å². The summed E-state index contributed by atoms with van der Waals surface area (Å²) >= 11 is 0. The summed E-state index contributed by atoms with van der Waals surface area (Å²) in [5.74, 6) is -0.217. The zero-order valence-electron chi connectivity index (χ0n) is 7.39. The molecule has 0 aliphatic heterocycles. The highest BCUT2D eigenvalue weighted by Gasteiger charge is 2.08. The molecule has 0 saturated heterocycles. The molecule has 0 unspecified atom stereocenters. The van der Waals surface area contributed by atoms with Crippen molar-refractivity contribution in [2.75, 3.05) is 5.32 Å². The van der Waals surface area contributed by atoms with Gasteiger partial charge in [-0.05, 0) is 6.07 Å². The summed E-state index contributed by atoms with van der Waals surface area (Å²) in [6.07, 6.45) is 1.28. The van der Waals surface area contributed by atoms with Crippen molar-refractivity contribution in [2.45, 2.75) is 0 Å². The number of carbonyl (C=O) groups excluding carboxylic acids is 1. The molecule has 2 aromatic rings. The summed E-state index contributed by atoms with van der Waals surface area (Å²) in [7, 11) is 0. The van der Waals surface area contributed by atoms with Crippen molar-refractivity contribution in [2.24, 2.45) is 0 Å². The molecule has 0 atom stereocenters. The predicted molar refractivity (Wildman–Crippen MR) is 49.2 cm³/mol. The Hall–Kier alpha value is -2.51. The van der Waals surface area contributed by atoms with E-state index in [1.165, 1.54) is 18.3 Å². The summed E-state index contributed by atoms with van der Waals surface area (Å²) in [5.41, 5.74) is -0.197. The zero-order chi connectivity index (χ0) is 10.7. The fourth-order valence-electron chi connectivity index (χ4n) is 0.905. The first-order chi connectivity index (χ1) is 7.25. The van der Waals surface area contributed by atoms with Crippen LogP contribution in [0.3, 0.4) is 0 Å². The van der Waals surface area contributed by atoms with Gasteiger partial charge in [0.25, 0.3) is 11.5 Å².